The highest BCUT2D eigenvalue weighted by atomic mass is 32.1. The molecular formula is C23H24N4O2S. The zero-order valence-corrected chi connectivity index (χ0v) is 18.2. The van der Waals surface area contributed by atoms with E-state index in [1.807, 2.05) is 38.2 Å². The van der Waals surface area contributed by atoms with Crippen molar-refractivity contribution in [3.63, 3.8) is 0 Å². The maximum atomic E-state index is 13.1. The number of aryl methyl sites for hydroxylation is 2. The van der Waals surface area contributed by atoms with Crippen molar-refractivity contribution in [3.8, 4) is 0 Å². The first-order valence-electron chi connectivity index (χ1n) is 10.2. The first kappa shape index (κ1) is 19.2. The number of carbonyl (C=O) groups is 1. The Hall–Kier alpha value is -2.77. The molecule has 1 N–H and O–H groups in total. The van der Waals surface area contributed by atoms with Crippen molar-refractivity contribution < 1.29 is 9.53 Å². The molecule has 0 atom stereocenters. The molecule has 6 nitrogen and oxygen atoms in total. The predicted octanol–water partition coefficient (Wildman–Crippen LogP) is 5.04. The topological polar surface area (TPSA) is 69.0 Å². The smallest absolute Gasteiger partial charge is 0.266 e. The molecule has 0 unspecified atom stereocenters. The summed E-state index contributed by atoms with van der Waals surface area (Å²) in [5, 5.41) is 5.17. The zero-order chi connectivity index (χ0) is 20.8. The summed E-state index contributed by atoms with van der Waals surface area (Å²) in [6, 6.07) is 8.05. The Morgan fingerprint density at radius 1 is 1.27 bits per heavy atom. The number of thiophene rings is 1. The van der Waals surface area contributed by atoms with E-state index in [9.17, 15) is 4.79 Å². The third-order valence-electron chi connectivity index (χ3n) is 5.70. The van der Waals surface area contributed by atoms with E-state index >= 15 is 0 Å². The van der Waals surface area contributed by atoms with E-state index in [0.717, 1.165) is 63.3 Å². The van der Waals surface area contributed by atoms with E-state index in [4.69, 9.17) is 14.7 Å². The molecule has 0 bridgehead atoms. The third kappa shape index (κ3) is 3.38. The first-order valence-corrected chi connectivity index (χ1v) is 11.0. The molecule has 0 aliphatic heterocycles. The van der Waals surface area contributed by atoms with Crippen molar-refractivity contribution in [2.24, 2.45) is 0 Å². The summed E-state index contributed by atoms with van der Waals surface area (Å²) >= 11 is 1.46. The maximum absolute atomic E-state index is 13.1. The molecule has 1 aliphatic carbocycles. The van der Waals surface area contributed by atoms with Gasteiger partial charge in [-0.25, -0.2) is 9.97 Å². The fourth-order valence-corrected chi connectivity index (χ4v) is 5.09. The molecule has 0 saturated heterocycles. The lowest BCUT2D eigenvalue weighted by molar-refractivity contribution is 0.103. The molecule has 1 aromatic carbocycles. The summed E-state index contributed by atoms with van der Waals surface area (Å²) < 4.78 is 7.32. The lowest BCUT2D eigenvalue weighted by Crippen LogP contribution is -2.11. The second-order valence-electron chi connectivity index (χ2n) is 7.91. The molecule has 3 heterocycles. The number of carbonyl (C=O) groups excluding carboxylic acids is 1. The molecule has 0 spiro atoms. The van der Waals surface area contributed by atoms with Crippen molar-refractivity contribution in [1.82, 2.24) is 14.5 Å². The fraction of sp³-hybridized carbons (Fsp3) is 0.348. The quantitative estimate of drug-likeness (QED) is 0.474. The third-order valence-corrected chi connectivity index (χ3v) is 6.89. The lowest BCUT2D eigenvalue weighted by Gasteiger charge is -2.07. The molecule has 154 valence electrons. The van der Waals surface area contributed by atoms with Gasteiger partial charge >= 0.3 is 0 Å². The van der Waals surface area contributed by atoms with E-state index in [1.54, 1.807) is 7.11 Å². The van der Waals surface area contributed by atoms with Gasteiger partial charge in [-0.2, -0.15) is 0 Å². The number of hydrogen-bond donors (Lipinski definition) is 1. The highest BCUT2D eigenvalue weighted by Gasteiger charge is 2.28. The SMILES string of the molecule is COCCn1ccc2cc(NC(=O)c3sc4nc(C5CC5)nc(C)c4c3C)ccc21. The fourth-order valence-electron chi connectivity index (χ4n) is 3.95. The summed E-state index contributed by atoms with van der Waals surface area (Å²) in [6.07, 6.45) is 4.38. The molecule has 1 aliphatic rings. The highest BCUT2D eigenvalue weighted by molar-refractivity contribution is 7.20. The molecular weight excluding hydrogens is 396 g/mol. The van der Waals surface area contributed by atoms with Gasteiger partial charge in [-0.15, -0.1) is 11.3 Å². The predicted molar refractivity (Wildman–Crippen MR) is 121 cm³/mol. The van der Waals surface area contributed by atoms with Crippen LogP contribution in [0.4, 0.5) is 5.69 Å². The Kier molecular flexibility index (Phi) is 4.79. The van der Waals surface area contributed by atoms with Crippen molar-refractivity contribution >= 4 is 44.1 Å². The first-order chi connectivity index (χ1) is 14.5. The van der Waals surface area contributed by atoms with Gasteiger partial charge in [-0.05, 0) is 56.5 Å². The Morgan fingerprint density at radius 3 is 2.87 bits per heavy atom. The summed E-state index contributed by atoms with van der Waals surface area (Å²) in [5.41, 5.74) is 3.84. The Labute approximate surface area is 178 Å². The van der Waals surface area contributed by atoms with Crippen LogP contribution < -0.4 is 5.32 Å². The molecule has 30 heavy (non-hydrogen) atoms. The van der Waals surface area contributed by atoms with Crippen LogP contribution in [0.5, 0.6) is 0 Å². The van der Waals surface area contributed by atoms with E-state index < -0.39 is 0 Å². The highest BCUT2D eigenvalue weighted by Crippen LogP contribution is 2.40. The molecule has 1 saturated carbocycles. The Bertz CT molecular complexity index is 1270. The maximum Gasteiger partial charge on any atom is 0.266 e. The van der Waals surface area contributed by atoms with Crippen LogP contribution in [0.1, 0.15) is 45.5 Å². The average Bonchev–Trinajstić information content (AvgIpc) is 3.42. The van der Waals surface area contributed by atoms with Crippen LogP contribution in [0.2, 0.25) is 0 Å². The number of nitrogens with one attached hydrogen (secondary N) is 1. The zero-order valence-electron chi connectivity index (χ0n) is 17.4. The summed E-state index contributed by atoms with van der Waals surface area (Å²) in [7, 11) is 1.70. The van der Waals surface area contributed by atoms with Gasteiger partial charge in [0, 0.05) is 47.7 Å². The van der Waals surface area contributed by atoms with Crippen LogP contribution >= 0.6 is 11.3 Å². The number of rotatable bonds is 6. The van der Waals surface area contributed by atoms with Crippen molar-refractivity contribution in [2.75, 3.05) is 19.0 Å². The van der Waals surface area contributed by atoms with Crippen LogP contribution in [-0.4, -0.2) is 34.2 Å². The van der Waals surface area contributed by atoms with E-state index in [0.29, 0.717) is 17.4 Å². The minimum atomic E-state index is -0.0963. The van der Waals surface area contributed by atoms with E-state index in [1.165, 1.54) is 11.3 Å². The molecule has 3 aromatic heterocycles. The van der Waals surface area contributed by atoms with Crippen molar-refractivity contribution in [1.29, 1.82) is 0 Å². The molecule has 1 fully saturated rings. The number of hydrogen-bond acceptors (Lipinski definition) is 5. The molecule has 1 amide bonds. The number of fused-ring (bicyclic) bond motifs is 2. The van der Waals surface area contributed by atoms with Crippen molar-refractivity contribution in [2.45, 2.75) is 39.2 Å². The molecule has 5 rings (SSSR count). The summed E-state index contributed by atoms with van der Waals surface area (Å²) in [6.45, 7) is 5.47. The van der Waals surface area contributed by atoms with Gasteiger partial charge < -0.3 is 14.6 Å². The van der Waals surface area contributed by atoms with Gasteiger partial charge in [0.1, 0.15) is 10.7 Å². The number of benzene rings is 1. The van der Waals surface area contributed by atoms with Crippen LogP contribution in [-0.2, 0) is 11.3 Å². The molecule has 0 radical (unpaired) electrons. The number of nitrogens with zero attached hydrogens (tertiary/aromatic N) is 3. The van der Waals surface area contributed by atoms with Gasteiger partial charge in [0.2, 0.25) is 0 Å². The number of aromatic nitrogens is 3. The van der Waals surface area contributed by atoms with Crippen molar-refractivity contribution in [3.05, 3.63) is 52.4 Å². The molecule has 7 heteroatoms. The van der Waals surface area contributed by atoms with Crippen LogP contribution in [0.25, 0.3) is 21.1 Å². The number of ether oxygens (including phenoxy) is 1. The second kappa shape index (κ2) is 7.49. The summed E-state index contributed by atoms with van der Waals surface area (Å²) in [5.74, 6) is 1.33. The number of methoxy groups -OCH3 is 1. The van der Waals surface area contributed by atoms with Crippen LogP contribution in [0.3, 0.4) is 0 Å². The number of amides is 1. The van der Waals surface area contributed by atoms with Crippen LogP contribution in [0, 0.1) is 13.8 Å². The lowest BCUT2D eigenvalue weighted by atomic mass is 10.1. The van der Waals surface area contributed by atoms with Gasteiger partial charge in [-0.1, -0.05) is 0 Å². The Balaban J connectivity index is 1.43. The standard InChI is InChI=1S/C23H24N4O2S/c1-13-19-14(2)24-21(15-4-5-15)26-23(19)30-20(13)22(28)25-17-6-7-18-16(12-17)8-9-27(18)10-11-29-3/h6-9,12,15H,4-5,10-11H2,1-3H3,(H,25,28). The second-order valence-corrected chi connectivity index (χ2v) is 8.91. The average molecular weight is 421 g/mol. The Morgan fingerprint density at radius 2 is 2.10 bits per heavy atom. The van der Waals surface area contributed by atoms with Gasteiger partial charge in [0.15, 0.2) is 0 Å². The largest absolute Gasteiger partial charge is 0.383 e. The van der Waals surface area contributed by atoms with E-state index in [-0.39, 0.29) is 5.91 Å². The molecule has 4 aromatic rings. The minimum Gasteiger partial charge on any atom is -0.383 e. The van der Waals surface area contributed by atoms with Crippen LogP contribution in [0.15, 0.2) is 30.5 Å². The monoisotopic (exact) mass is 420 g/mol. The van der Waals surface area contributed by atoms with Gasteiger partial charge in [0.25, 0.3) is 5.91 Å². The van der Waals surface area contributed by atoms with Gasteiger partial charge in [-0.3, -0.25) is 4.79 Å². The minimum absolute atomic E-state index is 0.0963. The van der Waals surface area contributed by atoms with Gasteiger partial charge in [0.05, 0.1) is 17.2 Å². The normalized spacial score (nSPS) is 14.0. The van der Waals surface area contributed by atoms with E-state index in [2.05, 4.69) is 16.0 Å². The number of anilines is 1. The summed E-state index contributed by atoms with van der Waals surface area (Å²) in [4.78, 5) is 24.1.